The average molecular weight is 327 g/mol. The summed E-state index contributed by atoms with van der Waals surface area (Å²) in [6.45, 7) is 8.63. The summed E-state index contributed by atoms with van der Waals surface area (Å²) in [6.07, 6.45) is 4.57. The largest absolute Gasteiger partial charge is 0.430 e. The number of unbranched alkanes of at least 4 members (excludes halogenated alkanes) is 3. The number of nitrogens with one attached hydrogen (secondary N) is 1. The van der Waals surface area contributed by atoms with Crippen LogP contribution in [0, 0.1) is 5.92 Å². The molecular weight excluding hydrogens is 298 g/mol. The van der Waals surface area contributed by atoms with Crippen molar-refractivity contribution >= 4 is 12.2 Å². The minimum absolute atomic E-state index is 0.00632. The molecule has 23 heavy (non-hydrogen) atoms. The fourth-order valence-electron chi connectivity index (χ4n) is 2.64. The summed E-state index contributed by atoms with van der Waals surface area (Å²) in [6, 6.07) is 0. The van der Waals surface area contributed by atoms with Crippen molar-refractivity contribution in [3.05, 3.63) is 0 Å². The maximum Gasteiger partial charge on any atom is 0.408 e. The topological polar surface area (TPSA) is 80.2 Å². The summed E-state index contributed by atoms with van der Waals surface area (Å²) in [5.41, 5.74) is 0. The van der Waals surface area contributed by atoms with Gasteiger partial charge in [-0.3, -0.25) is 0 Å². The van der Waals surface area contributed by atoms with Gasteiger partial charge >= 0.3 is 6.09 Å². The SMILES string of the molecule is CC(C)C1OCCN1C(C)OC(=O)NCCCCCCN=C=O. The zero-order valence-corrected chi connectivity index (χ0v) is 14.4. The Labute approximate surface area is 138 Å². The molecule has 0 saturated carbocycles. The Bertz CT molecular complexity index is 397. The van der Waals surface area contributed by atoms with E-state index in [-0.39, 0.29) is 12.5 Å². The monoisotopic (exact) mass is 327 g/mol. The number of aliphatic imine (C=N–C) groups is 1. The molecule has 1 saturated heterocycles. The molecule has 2 atom stereocenters. The van der Waals surface area contributed by atoms with Crippen LogP contribution in [-0.2, 0) is 14.3 Å². The molecule has 1 N–H and O–H groups in total. The zero-order valence-electron chi connectivity index (χ0n) is 14.4. The third kappa shape index (κ3) is 7.59. The molecule has 2 unspecified atom stereocenters. The summed E-state index contributed by atoms with van der Waals surface area (Å²) in [4.78, 5) is 27.3. The van der Waals surface area contributed by atoms with Gasteiger partial charge in [0.25, 0.3) is 0 Å². The molecule has 7 heteroatoms. The van der Waals surface area contributed by atoms with E-state index in [1.54, 1.807) is 0 Å². The molecule has 0 aromatic rings. The predicted octanol–water partition coefficient (Wildman–Crippen LogP) is 2.27. The molecule has 0 aliphatic carbocycles. The first-order chi connectivity index (χ1) is 11.1. The average Bonchev–Trinajstić information content (AvgIpc) is 2.99. The molecule has 7 nitrogen and oxygen atoms in total. The maximum absolute atomic E-state index is 11.8. The van der Waals surface area contributed by atoms with E-state index >= 15 is 0 Å². The minimum atomic E-state index is -0.391. The quantitative estimate of drug-likeness (QED) is 0.378. The molecule has 1 rings (SSSR count). The Morgan fingerprint density at radius 2 is 2.09 bits per heavy atom. The van der Waals surface area contributed by atoms with Crippen molar-refractivity contribution in [2.24, 2.45) is 10.9 Å². The Morgan fingerprint density at radius 1 is 1.35 bits per heavy atom. The van der Waals surface area contributed by atoms with Crippen molar-refractivity contribution in [1.29, 1.82) is 0 Å². The molecule has 1 aliphatic rings. The van der Waals surface area contributed by atoms with E-state index in [0.717, 1.165) is 32.2 Å². The van der Waals surface area contributed by atoms with Gasteiger partial charge < -0.3 is 14.8 Å². The fraction of sp³-hybridized carbons (Fsp3) is 0.875. The van der Waals surface area contributed by atoms with Gasteiger partial charge in [0.1, 0.15) is 6.23 Å². The second-order valence-corrected chi connectivity index (χ2v) is 6.06. The van der Waals surface area contributed by atoms with Crippen LogP contribution in [0.3, 0.4) is 0 Å². The van der Waals surface area contributed by atoms with Crippen molar-refractivity contribution in [1.82, 2.24) is 10.2 Å². The number of hydrogen-bond donors (Lipinski definition) is 1. The third-order valence-electron chi connectivity index (χ3n) is 3.81. The van der Waals surface area contributed by atoms with E-state index in [9.17, 15) is 9.59 Å². The van der Waals surface area contributed by atoms with Gasteiger partial charge in [-0.15, -0.1) is 0 Å². The lowest BCUT2D eigenvalue weighted by atomic mass is 10.2. The number of rotatable bonds is 10. The number of isocyanates is 1. The molecule has 1 fully saturated rings. The number of nitrogens with zero attached hydrogens (tertiary/aromatic N) is 2. The number of alkyl carbamates (subject to hydrolysis) is 1. The summed E-state index contributed by atoms with van der Waals surface area (Å²) in [5, 5.41) is 2.77. The maximum atomic E-state index is 11.8. The lowest BCUT2D eigenvalue weighted by Crippen LogP contribution is -2.44. The first-order valence-electron chi connectivity index (χ1n) is 8.41. The third-order valence-corrected chi connectivity index (χ3v) is 3.81. The Balaban J connectivity index is 2.12. The molecule has 1 heterocycles. The highest BCUT2D eigenvalue weighted by atomic mass is 16.6. The van der Waals surface area contributed by atoms with Crippen LogP contribution in [0.1, 0.15) is 46.5 Å². The number of carbonyl (C=O) groups is 1. The van der Waals surface area contributed by atoms with Gasteiger partial charge in [0.2, 0.25) is 6.08 Å². The van der Waals surface area contributed by atoms with Gasteiger partial charge in [0.05, 0.1) is 13.2 Å². The Morgan fingerprint density at radius 3 is 2.78 bits per heavy atom. The first-order valence-corrected chi connectivity index (χ1v) is 8.41. The van der Waals surface area contributed by atoms with Crippen molar-refractivity contribution < 1.29 is 19.1 Å². The van der Waals surface area contributed by atoms with Crippen LogP contribution < -0.4 is 5.32 Å². The van der Waals surface area contributed by atoms with Crippen LogP contribution in [0.2, 0.25) is 0 Å². The summed E-state index contributed by atoms with van der Waals surface area (Å²) < 4.78 is 11.1. The number of carbonyl (C=O) groups excluding carboxylic acids is 2. The summed E-state index contributed by atoms with van der Waals surface area (Å²) >= 11 is 0. The highest BCUT2D eigenvalue weighted by molar-refractivity contribution is 5.67. The summed E-state index contributed by atoms with van der Waals surface area (Å²) in [7, 11) is 0. The van der Waals surface area contributed by atoms with E-state index < -0.39 is 6.09 Å². The molecule has 0 spiro atoms. The second kappa shape index (κ2) is 11.2. The molecule has 132 valence electrons. The molecule has 1 aliphatic heterocycles. The van der Waals surface area contributed by atoms with Gasteiger partial charge in [-0.1, -0.05) is 26.7 Å². The molecule has 0 radical (unpaired) electrons. The lowest BCUT2D eigenvalue weighted by Gasteiger charge is -2.30. The van der Waals surface area contributed by atoms with Crippen LogP contribution in [0.25, 0.3) is 0 Å². The van der Waals surface area contributed by atoms with Gasteiger partial charge in [0.15, 0.2) is 6.23 Å². The molecular formula is C16H29N3O4. The van der Waals surface area contributed by atoms with Crippen molar-refractivity contribution in [2.45, 2.75) is 58.9 Å². The lowest BCUT2D eigenvalue weighted by molar-refractivity contribution is -0.0799. The molecule has 0 aromatic heterocycles. The number of amides is 1. The van der Waals surface area contributed by atoms with Crippen molar-refractivity contribution in [3.8, 4) is 0 Å². The molecule has 0 aromatic carbocycles. The Kier molecular flexibility index (Phi) is 9.52. The van der Waals surface area contributed by atoms with Crippen LogP contribution in [-0.4, -0.2) is 55.8 Å². The van der Waals surface area contributed by atoms with E-state index in [0.29, 0.717) is 25.6 Å². The second-order valence-electron chi connectivity index (χ2n) is 6.06. The number of hydrogen-bond acceptors (Lipinski definition) is 6. The van der Waals surface area contributed by atoms with Crippen LogP contribution in [0.15, 0.2) is 4.99 Å². The first kappa shape index (κ1) is 19.6. The predicted molar refractivity (Wildman–Crippen MR) is 86.7 cm³/mol. The van der Waals surface area contributed by atoms with Gasteiger partial charge in [-0.2, -0.15) is 0 Å². The summed E-state index contributed by atoms with van der Waals surface area (Å²) in [5.74, 6) is 0.357. The van der Waals surface area contributed by atoms with E-state index in [4.69, 9.17) is 9.47 Å². The highest BCUT2D eigenvalue weighted by Gasteiger charge is 2.33. The van der Waals surface area contributed by atoms with Crippen LogP contribution >= 0.6 is 0 Å². The zero-order chi connectivity index (χ0) is 17.1. The number of ether oxygens (including phenoxy) is 2. The Hall–Kier alpha value is -1.43. The van der Waals surface area contributed by atoms with Crippen molar-refractivity contribution in [3.63, 3.8) is 0 Å². The minimum Gasteiger partial charge on any atom is -0.430 e. The van der Waals surface area contributed by atoms with E-state index in [2.05, 4.69) is 29.1 Å². The van der Waals surface area contributed by atoms with Crippen LogP contribution in [0.5, 0.6) is 0 Å². The van der Waals surface area contributed by atoms with E-state index in [1.807, 2.05) is 6.92 Å². The van der Waals surface area contributed by atoms with Gasteiger partial charge in [-0.25, -0.2) is 19.5 Å². The normalized spacial score (nSPS) is 19.4. The van der Waals surface area contributed by atoms with Gasteiger partial charge in [0, 0.05) is 13.1 Å². The smallest absolute Gasteiger partial charge is 0.408 e. The van der Waals surface area contributed by atoms with E-state index in [1.165, 1.54) is 6.08 Å². The standard InChI is InChI=1S/C16H29N3O4/c1-13(2)15-19(10-11-22-15)14(3)23-16(21)18-9-7-5-4-6-8-17-12-20/h13-15H,4-11H2,1-3H3,(H,18,21). The molecule has 1 amide bonds. The highest BCUT2D eigenvalue weighted by Crippen LogP contribution is 2.21. The van der Waals surface area contributed by atoms with Crippen molar-refractivity contribution in [2.75, 3.05) is 26.2 Å². The van der Waals surface area contributed by atoms with Crippen LogP contribution in [0.4, 0.5) is 4.79 Å². The fourth-order valence-corrected chi connectivity index (χ4v) is 2.64. The van der Waals surface area contributed by atoms with Gasteiger partial charge in [-0.05, 0) is 25.7 Å². The molecule has 0 bridgehead atoms.